The van der Waals surface area contributed by atoms with Crippen LogP contribution in [0.2, 0.25) is 0 Å². The van der Waals surface area contributed by atoms with Crippen LogP contribution in [0.4, 0.5) is 5.69 Å². The van der Waals surface area contributed by atoms with Crippen LogP contribution in [0.25, 0.3) is 11.1 Å². The van der Waals surface area contributed by atoms with Crippen LogP contribution in [-0.2, 0) is 19.1 Å². The monoisotopic (exact) mass is 367 g/mol. The molecule has 0 bridgehead atoms. The van der Waals surface area contributed by atoms with E-state index in [1.54, 1.807) is 42.5 Å². The molecule has 2 N–H and O–H groups in total. The van der Waals surface area contributed by atoms with E-state index in [1.165, 1.54) is 26.1 Å². The van der Waals surface area contributed by atoms with Crippen molar-refractivity contribution in [2.45, 2.75) is 19.6 Å². The molecule has 2 aromatic carbocycles. The van der Waals surface area contributed by atoms with Crippen molar-refractivity contribution in [2.24, 2.45) is 0 Å². The van der Waals surface area contributed by atoms with Gasteiger partial charge in [-0.15, -0.1) is 0 Å². The van der Waals surface area contributed by atoms with Gasteiger partial charge in [-0.1, -0.05) is 30.3 Å². The highest BCUT2D eigenvalue weighted by molar-refractivity contribution is 6.15. The summed E-state index contributed by atoms with van der Waals surface area (Å²) in [6, 6.07) is 13.6. The smallest absolute Gasteiger partial charge is 0.350 e. The number of benzene rings is 2. The summed E-state index contributed by atoms with van der Waals surface area (Å²) in [6.07, 6.45) is 1.22. The largest absolute Gasteiger partial charge is 0.478 e. The second-order valence-corrected chi connectivity index (χ2v) is 6.31. The van der Waals surface area contributed by atoms with E-state index in [0.29, 0.717) is 11.3 Å². The lowest BCUT2D eigenvalue weighted by molar-refractivity contribution is -0.222. The molecule has 1 saturated heterocycles. The van der Waals surface area contributed by atoms with Gasteiger partial charge in [0.1, 0.15) is 0 Å². The van der Waals surface area contributed by atoms with Crippen molar-refractivity contribution in [1.29, 1.82) is 0 Å². The number of aromatic carboxylic acids is 1. The normalized spacial score (nSPS) is 15.6. The third-order valence-electron chi connectivity index (χ3n) is 3.85. The molecule has 138 valence electrons. The molecule has 1 fully saturated rings. The van der Waals surface area contributed by atoms with Crippen LogP contribution in [0.5, 0.6) is 0 Å². The molecule has 3 rings (SSSR count). The fraction of sp³-hybridized carbons (Fsp3) is 0.150. The number of esters is 2. The number of hydrogen-bond acceptors (Lipinski definition) is 6. The molecule has 0 atom stereocenters. The lowest BCUT2D eigenvalue weighted by Gasteiger charge is -2.29. The molecule has 7 nitrogen and oxygen atoms in total. The van der Waals surface area contributed by atoms with Crippen LogP contribution >= 0.6 is 0 Å². The van der Waals surface area contributed by atoms with Gasteiger partial charge in [0.2, 0.25) is 0 Å². The first-order valence-electron chi connectivity index (χ1n) is 8.13. The maximum Gasteiger partial charge on any atom is 0.350 e. The lowest BCUT2D eigenvalue weighted by Crippen LogP contribution is -2.42. The number of carbonyl (C=O) groups is 3. The predicted octanol–water partition coefficient (Wildman–Crippen LogP) is 3.18. The highest BCUT2D eigenvalue weighted by Gasteiger charge is 2.38. The maximum absolute atomic E-state index is 11.9. The fourth-order valence-electron chi connectivity index (χ4n) is 2.60. The Bertz CT molecular complexity index is 921. The summed E-state index contributed by atoms with van der Waals surface area (Å²) in [5.41, 5.74) is 1.88. The zero-order chi connectivity index (χ0) is 19.6. The van der Waals surface area contributed by atoms with Gasteiger partial charge in [-0.05, 0) is 29.3 Å². The van der Waals surface area contributed by atoms with Crippen molar-refractivity contribution >= 4 is 23.6 Å². The van der Waals surface area contributed by atoms with Gasteiger partial charge in [0.05, 0.1) is 5.56 Å². The highest BCUT2D eigenvalue weighted by atomic mass is 16.7. The van der Waals surface area contributed by atoms with Gasteiger partial charge >= 0.3 is 17.9 Å². The lowest BCUT2D eigenvalue weighted by atomic mass is 9.99. The predicted molar refractivity (Wildman–Crippen MR) is 96.8 cm³/mol. The van der Waals surface area contributed by atoms with Crippen LogP contribution in [0, 0.1) is 0 Å². The quantitative estimate of drug-likeness (QED) is 0.486. The van der Waals surface area contributed by atoms with E-state index < -0.39 is 23.7 Å². The Morgan fingerprint density at radius 3 is 2.19 bits per heavy atom. The van der Waals surface area contributed by atoms with Crippen molar-refractivity contribution in [3.63, 3.8) is 0 Å². The summed E-state index contributed by atoms with van der Waals surface area (Å²) in [6.45, 7) is 2.95. The first-order chi connectivity index (χ1) is 12.8. The Morgan fingerprint density at radius 1 is 1.00 bits per heavy atom. The average molecular weight is 367 g/mol. The Labute approximate surface area is 155 Å². The molecule has 1 aliphatic rings. The molecular formula is C20H17NO6. The topological polar surface area (TPSA) is 102 Å². The van der Waals surface area contributed by atoms with Crippen molar-refractivity contribution < 1.29 is 29.0 Å². The second-order valence-electron chi connectivity index (χ2n) is 6.31. The molecule has 0 unspecified atom stereocenters. The first-order valence-corrected chi connectivity index (χ1v) is 8.13. The van der Waals surface area contributed by atoms with Gasteiger partial charge < -0.3 is 19.9 Å². The zero-order valence-corrected chi connectivity index (χ0v) is 14.7. The van der Waals surface area contributed by atoms with Crippen molar-refractivity contribution in [3.05, 3.63) is 65.9 Å². The fourth-order valence-corrected chi connectivity index (χ4v) is 2.60. The van der Waals surface area contributed by atoms with Crippen LogP contribution in [-0.4, -0.2) is 28.8 Å². The van der Waals surface area contributed by atoms with Crippen LogP contribution in [0.3, 0.4) is 0 Å². The number of rotatable bonds is 4. The Balaban J connectivity index is 1.78. The maximum atomic E-state index is 11.9. The Hall–Kier alpha value is -3.61. The number of hydrogen-bond donors (Lipinski definition) is 2. The van der Waals surface area contributed by atoms with E-state index in [4.69, 9.17) is 9.47 Å². The summed E-state index contributed by atoms with van der Waals surface area (Å²) in [5, 5.41) is 12.1. The first kappa shape index (κ1) is 18.2. The van der Waals surface area contributed by atoms with E-state index in [1.807, 2.05) is 0 Å². The number of carboxylic acid groups (broad SMARTS) is 1. The number of cyclic esters (lactones) is 2. The highest BCUT2D eigenvalue weighted by Crippen LogP contribution is 2.26. The molecule has 27 heavy (non-hydrogen) atoms. The minimum atomic E-state index is -1.29. The van der Waals surface area contributed by atoms with Gasteiger partial charge in [-0.3, -0.25) is 0 Å². The number of ether oxygens (including phenoxy) is 2. The van der Waals surface area contributed by atoms with Gasteiger partial charge in [-0.25, -0.2) is 14.4 Å². The molecule has 0 amide bonds. The summed E-state index contributed by atoms with van der Waals surface area (Å²) in [5.74, 6) is -3.83. The number of anilines is 1. The number of nitrogens with one attached hydrogen (secondary N) is 1. The summed E-state index contributed by atoms with van der Waals surface area (Å²) in [7, 11) is 0. The van der Waals surface area contributed by atoms with E-state index in [9.17, 15) is 19.5 Å². The molecule has 0 spiro atoms. The standard InChI is InChI=1S/C20H17NO6/c1-20(2)26-18(24)16(19(25)27-20)11-21-13-9-7-12(8-10-13)14-5-3-4-6-15(14)17(22)23/h3-11,21H,1-2H3,(H,22,23). The summed E-state index contributed by atoms with van der Waals surface area (Å²) < 4.78 is 10.0. The molecule has 2 aromatic rings. The van der Waals surface area contributed by atoms with Gasteiger partial charge in [0.25, 0.3) is 5.79 Å². The zero-order valence-electron chi connectivity index (χ0n) is 14.7. The summed E-state index contributed by atoms with van der Waals surface area (Å²) >= 11 is 0. The minimum absolute atomic E-state index is 0.204. The van der Waals surface area contributed by atoms with Crippen LogP contribution in [0.15, 0.2) is 60.3 Å². The van der Waals surface area contributed by atoms with E-state index >= 15 is 0 Å². The van der Waals surface area contributed by atoms with E-state index in [2.05, 4.69) is 5.32 Å². The Morgan fingerprint density at radius 2 is 1.59 bits per heavy atom. The van der Waals surface area contributed by atoms with Crippen LogP contribution < -0.4 is 5.32 Å². The average Bonchev–Trinajstić information content (AvgIpc) is 2.60. The van der Waals surface area contributed by atoms with Gasteiger partial charge in [0.15, 0.2) is 5.57 Å². The molecule has 7 heteroatoms. The van der Waals surface area contributed by atoms with Gasteiger partial charge in [0, 0.05) is 25.7 Å². The van der Waals surface area contributed by atoms with E-state index in [-0.39, 0.29) is 11.1 Å². The van der Waals surface area contributed by atoms with Gasteiger partial charge in [-0.2, -0.15) is 0 Å². The molecule has 1 aliphatic heterocycles. The van der Waals surface area contributed by atoms with E-state index in [0.717, 1.165) is 5.56 Å². The third kappa shape index (κ3) is 3.98. The van der Waals surface area contributed by atoms with Crippen LogP contribution in [0.1, 0.15) is 24.2 Å². The molecule has 0 aromatic heterocycles. The van der Waals surface area contributed by atoms with Crippen molar-refractivity contribution in [3.8, 4) is 11.1 Å². The minimum Gasteiger partial charge on any atom is -0.478 e. The molecule has 0 saturated carbocycles. The SMILES string of the molecule is CC1(C)OC(=O)C(=CNc2ccc(-c3ccccc3C(=O)O)cc2)C(=O)O1. The number of carbonyl (C=O) groups excluding carboxylic acids is 2. The molecule has 0 radical (unpaired) electrons. The third-order valence-corrected chi connectivity index (χ3v) is 3.85. The summed E-state index contributed by atoms with van der Waals surface area (Å²) in [4.78, 5) is 35.1. The van der Waals surface area contributed by atoms with Crippen molar-refractivity contribution in [1.82, 2.24) is 0 Å². The second kappa shape index (κ2) is 6.95. The molecular weight excluding hydrogens is 350 g/mol. The molecule has 1 heterocycles. The van der Waals surface area contributed by atoms with Crippen molar-refractivity contribution in [2.75, 3.05) is 5.32 Å². The number of carboxylic acids is 1. The molecule has 0 aliphatic carbocycles. The Kier molecular flexibility index (Phi) is 4.68.